The molecule has 0 aliphatic heterocycles. The lowest BCUT2D eigenvalue weighted by molar-refractivity contribution is 0.242. The molecule has 1 aromatic carbocycles. The van der Waals surface area contributed by atoms with Crippen molar-refractivity contribution in [3.05, 3.63) is 28.8 Å². The normalized spacial score (nSPS) is 18.6. The zero-order valence-electron chi connectivity index (χ0n) is 11.3. The highest BCUT2D eigenvalue weighted by molar-refractivity contribution is 6.30. The number of hydrogen-bond donors (Lipinski definition) is 1. The summed E-state index contributed by atoms with van der Waals surface area (Å²) in [5.41, 5.74) is 1.43. The molecule has 0 atom stereocenters. The first-order valence-electron chi connectivity index (χ1n) is 6.70. The van der Waals surface area contributed by atoms with Gasteiger partial charge in [0, 0.05) is 10.6 Å². The maximum Gasteiger partial charge on any atom is 0.122 e. The summed E-state index contributed by atoms with van der Waals surface area (Å²) >= 11 is 6.10. The topological polar surface area (TPSA) is 21.3 Å². The van der Waals surface area contributed by atoms with Gasteiger partial charge in [-0.05, 0) is 50.1 Å². The molecule has 100 valence electrons. The maximum atomic E-state index is 6.10. The Morgan fingerprint density at radius 2 is 2.00 bits per heavy atom. The summed E-state index contributed by atoms with van der Waals surface area (Å²) in [5, 5.41) is 4.32. The summed E-state index contributed by atoms with van der Waals surface area (Å²) < 4.78 is 5.44. The van der Waals surface area contributed by atoms with Crippen molar-refractivity contribution >= 4 is 11.6 Å². The Morgan fingerprint density at radius 1 is 1.28 bits per heavy atom. The van der Waals surface area contributed by atoms with E-state index in [0.29, 0.717) is 0 Å². The summed E-state index contributed by atoms with van der Waals surface area (Å²) in [4.78, 5) is 0. The fourth-order valence-electron chi connectivity index (χ4n) is 2.99. The summed E-state index contributed by atoms with van der Waals surface area (Å²) in [6, 6.07) is 5.88. The van der Waals surface area contributed by atoms with Crippen LogP contribution >= 0.6 is 11.6 Å². The molecule has 1 aromatic rings. The largest absolute Gasteiger partial charge is 0.496 e. The average Bonchev–Trinajstić information content (AvgIpc) is 2.40. The van der Waals surface area contributed by atoms with Gasteiger partial charge in [0.25, 0.3) is 0 Å². The van der Waals surface area contributed by atoms with Crippen LogP contribution in [0.15, 0.2) is 18.2 Å². The number of ether oxygens (including phenoxy) is 1. The van der Waals surface area contributed by atoms with E-state index in [2.05, 4.69) is 12.4 Å². The second-order valence-corrected chi connectivity index (χ2v) is 5.66. The van der Waals surface area contributed by atoms with Crippen LogP contribution in [0.4, 0.5) is 0 Å². The first kappa shape index (κ1) is 13.7. The van der Waals surface area contributed by atoms with Crippen molar-refractivity contribution in [2.75, 3.05) is 14.2 Å². The third-order valence-corrected chi connectivity index (χ3v) is 4.35. The predicted molar refractivity (Wildman–Crippen MR) is 76.6 cm³/mol. The fourth-order valence-corrected chi connectivity index (χ4v) is 3.19. The Morgan fingerprint density at radius 3 is 2.61 bits per heavy atom. The first-order chi connectivity index (χ1) is 8.69. The zero-order chi connectivity index (χ0) is 13.0. The molecular weight excluding hydrogens is 246 g/mol. The third-order valence-electron chi connectivity index (χ3n) is 4.11. The van der Waals surface area contributed by atoms with Gasteiger partial charge in [0.05, 0.1) is 7.11 Å². The van der Waals surface area contributed by atoms with E-state index in [1.807, 2.05) is 18.2 Å². The van der Waals surface area contributed by atoms with E-state index < -0.39 is 0 Å². The number of methoxy groups -OCH3 is 1. The minimum absolute atomic E-state index is 0.218. The van der Waals surface area contributed by atoms with E-state index in [1.165, 1.54) is 37.7 Å². The van der Waals surface area contributed by atoms with E-state index in [0.717, 1.165) is 17.2 Å². The van der Waals surface area contributed by atoms with Crippen LogP contribution in [0.1, 0.15) is 37.7 Å². The Balaban J connectivity index is 2.23. The second kappa shape index (κ2) is 5.94. The van der Waals surface area contributed by atoms with Gasteiger partial charge in [-0.3, -0.25) is 0 Å². The highest BCUT2D eigenvalue weighted by atomic mass is 35.5. The van der Waals surface area contributed by atoms with Crippen LogP contribution in [0.2, 0.25) is 5.02 Å². The standard InChI is InChI=1S/C15H22ClNO/c1-17-15(8-4-3-5-9-15)11-12-10-13(16)6-7-14(12)18-2/h6-7,10,17H,3-5,8-9,11H2,1-2H3. The average molecular weight is 268 g/mol. The van der Waals surface area contributed by atoms with Crippen LogP contribution < -0.4 is 10.1 Å². The van der Waals surface area contributed by atoms with Crippen LogP contribution in [0.3, 0.4) is 0 Å². The lowest BCUT2D eigenvalue weighted by atomic mass is 9.77. The minimum atomic E-state index is 0.218. The van der Waals surface area contributed by atoms with Crippen molar-refractivity contribution in [1.82, 2.24) is 5.32 Å². The Hall–Kier alpha value is -0.730. The van der Waals surface area contributed by atoms with Crippen molar-refractivity contribution in [2.45, 2.75) is 44.1 Å². The van der Waals surface area contributed by atoms with Crippen molar-refractivity contribution in [3.63, 3.8) is 0 Å². The van der Waals surface area contributed by atoms with Gasteiger partial charge in [0.2, 0.25) is 0 Å². The number of rotatable bonds is 4. The van der Waals surface area contributed by atoms with Gasteiger partial charge in [-0.25, -0.2) is 0 Å². The molecular formula is C15H22ClNO. The van der Waals surface area contributed by atoms with Crippen LogP contribution in [-0.2, 0) is 6.42 Å². The van der Waals surface area contributed by atoms with Crippen LogP contribution in [-0.4, -0.2) is 19.7 Å². The fraction of sp³-hybridized carbons (Fsp3) is 0.600. The van der Waals surface area contributed by atoms with Crippen molar-refractivity contribution < 1.29 is 4.74 Å². The molecule has 1 N–H and O–H groups in total. The van der Waals surface area contributed by atoms with Gasteiger partial charge in [-0.15, -0.1) is 0 Å². The molecule has 1 aliphatic carbocycles. The lowest BCUT2D eigenvalue weighted by Crippen LogP contribution is -2.46. The number of hydrogen-bond acceptors (Lipinski definition) is 2. The summed E-state index contributed by atoms with van der Waals surface area (Å²) in [5.74, 6) is 0.944. The summed E-state index contributed by atoms with van der Waals surface area (Å²) in [6.45, 7) is 0. The smallest absolute Gasteiger partial charge is 0.122 e. The third kappa shape index (κ3) is 2.99. The molecule has 0 unspecified atom stereocenters. The SMILES string of the molecule is CNC1(Cc2cc(Cl)ccc2OC)CCCCC1. The number of nitrogens with one attached hydrogen (secondary N) is 1. The number of benzene rings is 1. The lowest BCUT2D eigenvalue weighted by Gasteiger charge is -2.37. The molecule has 0 spiro atoms. The molecule has 3 heteroatoms. The van der Waals surface area contributed by atoms with Gasteiger partial charge < -0.3 is 10.1 Å². The number of halogens is 1. The zero-order valence-corrected chi connectivity index (χ0v) is 12.0. The molecule has 2 rings (SSSR count). The van der Waals surface area contributed by atoms with Crippen molar-refractivity contribution in [3.8, 4) is 5.75 Å². The monoisotopic (exact) mass is 267 g/mol. The first-order valence-corrected chi connectivity index (χ1v) is 7.08. The van der Waals surface area contributed by atoms with E-state index >= 15 is 0 Å². The molecule has 1 fully saturated rings. The maximum absolute atomic E-state index is 6.10. The second-order valence-electron chi connectivity index (χ2n) is 5.22. The van der Waals surface area contributed by atoms with E-state index in [1.54, 1.807) is 7.11 Å². The molecule has 0 aromatic heterocycles. The molecule has 18 heavy (non-hydrogen) atoms. The Labute approximate surface area is 115 Å². The molecule has 0 heterocycles. The van der Waals surface area contributed by atoms with Gasteiger partial charge in [0.1, 0.15) is 5.75 Å². The highest BCUT2D eigenvalue weighted by Gasteiger charge is 2.31. The molecule has 0 bridgehead atoms. The Bertz CT molecular complexity index is 399. The van der Waals surface area contributed by atoms with Crippen molar-refractivity contribution in [1.29, 1.82) is 0 Å². The molecule has 0 amide bonds. The van der Waals surface area contributed by atoms with Gasteiger partial charge in [-0.2, -0.15) is 0 Å². The summed E-state index contributed by atoms with van der Waals surface area (Å²) in [6.07, 6.45) is 7.44. The highest BCUT2D eigenvalue weighted by Crippen LogP contribution is 2.34. The van der Waals surface area contributed by atoms with Gasteiger partial charge in [-0.1, -0.05) is 30.9 Å². The minimum Gasteiger partial charge on any atom is -0.496 e. The molecule has 0 saturated heterocycles. The van der Waals surface area contributed by atoms with Crippen molar-refractivity contribution in [2.24, 2.45) is 0 Å². The molecule has 2 nitrogen and oxygen atoms in total. The van der Waals surface area contributed by atoms with E-state index in [-0.39, 0.29) is 5.54 Å². The quantitative estimate of drug-likeness (QED) is 0.896. The van der Waals surface area contributed by atoms with Crippen LogP contribution in [0.25, 0.3) is 0 Å². The van der Waals surface area contributed by atoms with Gasteiger partial charge >= 0.3 is 0 Å². The molecule has 1 aliphatic rings. The van der Waals surface area contributed by atoms with Crippen LogP contribution in [0.5, 0.6) is 5.75 Å². The van der Waals surface area contributed by atoms with E-state index in [9.17, 15) is 0 Å². The van der Waals surface area contributed by atoms with E-state index in [4.69, 9.17) is 16.3 Å². The van der Waals surface area contributed by atoms with Crippen LogP contribution in [0, 0.1) is 0 Å². The molecule has 1 saturated carbocycles. The summed E-state index contributed by atoms with van der Waals surface area (Å²) in [7, 11) is 3.79. The van der Waals surface area contributed by atoms with Gasteiger partial charge in [0.15, 0.2) is 0 Å². The molecule has 0 radical (unpaired) electrons. The number of likely N-dealkylation sites (N-methyl/N-ethyl adjacent to an activating group) is 1. The Kier molecular flexibility index (Phi) is 4.52. The predicted octanol–water partition coefficient (Wildman–Crippen LogP) is 3.81.